The molecule has 1 aromatic carbocycles. The summed E-state index contributed by atoms with van der Waals surface area (Å²) in [6, 6.07) is 6.57. The van der Waals surface area contributed by atoms with Crippen LogP contribution >= 0.6 is 12.4 Å². The Balaban J connectivity index is 0.00000200. The smallest absolute Gasteiger partial charge is 0.226 e. The Hall–Kier alpha value is -1.13. The Labute approximate surface area is 125 Å². The van der Waals surface area contributed by atoms with E-state index in [2.05, 4.69) is 0 Å². The van der Waals surface area contributed by atoms with E-state index in [9.17, 15) is 9.18 Å². The standard InChI is InChI=1S/C15H21FN2O.ClH/c1-2-18(10-11-4-3-5-13(16)8-11)15(19)12-6-7-14(17)9-12;/h3-5,8,12,14H,2,6-7,9-10,17H2,1H3;1H. The minimum Gasteiger partial charge on any atom is -0.338 e. The maximum absolute atomic E-state index is 13.2. The number of hydrogen-bond donors (Lipinski definition) is 1. The number of benzene rings is 1. The first-order valence-corrected chi connectivity index (χ1v) is 6.89. The van der Waals surface area contributed by atoms with Gasteiger partial charge in [0.1, 0.15) is 5.82 Å². The molecule has 3 nitrogen and oxygen atoms in total. The number of nitrogens with two attached hydrogens (primary N) is 1. The Morgan fingerprint density at radius 1 is 1.45 bits per heavy atom. The van der Waals surface area contributed by atoms with Gasteiger partial charge >= 0.3 is 0 Å². The molecule has 0 bridgehead atoms. The maximum atomic E-state index is 13.2. The summed E-state index contributed by atoms with van der Waals surface area (Å²) in [6.45, 7) is 3.06. The molecule has 0 aliphatic heterocycles. The van der Waals surface area contributed by atoms with E-state index >= 15 is 0 Å². The maximum Gasteiger partial charge on any atom is 0.226 e. The third-order valence-electron chi connectivity index (χ3n) is 3.78. The molecular formula is C15H22ClFN2O. The number of carbonyl (C=O) groups is 1. The molecule has 2 rings (SSSR count). The molecule has 1 fully saturated rings. The summed E-state index contributed by atoms with van der Waals surface area (Å²) in [5.41, 5.74) is 6.69. The fraction of sp³-hybridized carbons (Fsp3) is 0.533. The molecule has 1 aliphatic rings. The van der Waals surface area contributed by atoms with Crippen LogP contribution in [-0.2, 0) is 11.3 Å². The van der Waals surface area contributed by atoms with Crippen molar-refractivity contribution in [2.75, 3.05) is 6.54 Å². The Kier molecular flexibility index (Phi) is 6.43. The van der Waals surface area contributed by atoms with Gasteiger partial charge in [0.05, 0.1) is 0 Å². The van der Waals surface area contributed by atoms with Crippen LogP contribution in [0.3, 0.4) is 0 Å². The molecule has 2 unspecified atom stereocenters. The van der Waals surface area contributed by atoms with Gasteiger partial charge in [-0.3, -0.25) is 4.79 Å². The fourth-order valence-electron chi connectivity index (χ4n) is 2.70. The number of amides is 1. The highest BCUT2D eigenvalue weighted by atomic mass is 35.5. The van der Waals surface area contributed by atoms with Gasteiger partial charge in [0.2, 0.25) is 5.91 Å². The normalized spacial score (nSPS) is 21.4. The van der Waals surface area contributed by atoms with E-state index in [-0.39, 0.29) is 36.1 Å². The Morgan fingerprint density at radius 3 is 2.75 bits per heavy atom. The van der Waals surface area contributed by atoms with Gasteiger partial charge in [-0.2, -0.15) is 0 Å². The first kappa shape index (κ1) is 16.9. The van der Waals surface area contributed by atoms with E-state index in [1.807, 2.05) is 13.0 Å². The largest absolute Gasteiger partial charge is 0.338 e. The van der Waals surface area contributed by atoms with Gasteiger partial charge in [-0.05, 0) is 43.9 Å². The van der Waals surface area contributed by atoms with Crippen molar-refractivity contribution in [3.8, 4) is 0 Å². The summed E-state index contributed by atoms with van der Waals surface area (Å²) in [5, 5.41) is 0. The van der Waals surface area contributed by atoms with Gasteiger partial charge in [0, 0.05) is 25.0 Å². The molecule has 0 radical (unpaired) electrons. The summed E-state index contributed by atoms with van der Waals surface area (Å²) < 4.78 is 13.2. The van der Waals surface area contributed by atoms with Gasteiger partial charge in [0.25, 0.3) is 0 Å². The van der Waals surface area contributed by atoms with Crippen molar-refractivity contribution in [1.82, 2.24) is 4.90 Å². The van der Waals surface area contributed by atoms with E-state index in [1.54, 1.807) is 11.0 Å². The first-order chi connectivity index (χ1) is 9.10. The van der Waals surface area contributed by atoms with E-state index < -0.39 is 0 Å². The van der Waals surface area contributed by atoms with Crippen molar-refractivity contribution in [1.29, 1.82) is 0 Å². The van der Waals surface area contributed by atoms with Crippen molar-refractivity contribution < 1.29 is 9.18 Å². The molecule has 0 saturated heterocycles. The molecule has 0 aromatic heterocycles. The third kappa shape index (κ3) is 4.18. The van der Waals surface area contributed by atoms with Gasteiger partial charge in [-0.15, -0.1) is 12.4 Å². The quantitative estimate of drug-likeness (QED) is 0.929. The van der Waals surface area contributed by atoms with Crippen LogP contribution in [0.1, 0.15) is 31.7 Å². The van der Waals surface area contributed by atoms with Crippen LogP contribution in [0.2, 0.25) is 0 Å². The van der Waals surface area contributed by atoms with Crippen LogP contribution in [0.15, 0.2) is 24.3 Å². The second-order valence-electron chi connectivity index (χ2n) is 5.25. The van der Waals surface area contributed by atoms with E-state index in [4.69, 9.17) is 5.73 Å². The number of hydrogen-bond acceptors (Lipinski definition) is 2. The first-order valence-electron chi connectivity index (χ1n) is 6.89. The average molecular weight is 301 g/mol. The Bertz CT molecular complexity index is 455. The molecule has 1 amide bonds. The second kappa shape index (κ2) is 7.60. The molecule has 5 heteroatoms. The van der Waals surface area contributed by atoms with E-state index in [1.165, 1.54) is 12.1 Å². The zero-order chi connectivity index (χ0) is 13.8. The number of nitrogens with zero attached hydrogens (tertiary/aromatic N) is 1. The number of halogens is 2. The molecule has 2 N–H and O–H groups in total. The SMILES string of the molecule is CCN(Cc1cccc(F)c1)C(=O)C1CCC(N)C1.Cl. The van der Waals surface area contributed by atoms with E-state index in [0.29, 0.717) is 13.1 Å². The number of carbonyl (C=O) groups excluding carboxylic acids is 1. The highest BCUT2D eigenvalue weighted by Crippen LogP contribution is 2.26. The molecular weight excluding hydrogens is 279 g/mol. The monoisotopic (exact) mass is 300 g/mol. The molecule has 1 aromatic rings. The molecule has 1 saturated carbocycles. The summed E-state index contributed by atoms with van der Waals surface area (Å²) in [4.78, 5) is 14.2. The van der Waals surface area contributed by atoms with Gasteiger partial charge in [-0.1, -0.05) is 12.1 Å². The van der Waals surface area contributed by atoms with E-state index in [0.717, 1.165) is 24.8 Å². The van der Waals surface area contributed by atoms with Crippen LogP contribution < -0.4 is 5.73 Å². The molecule has 112 valence electrons. The summed E-state index contributed by atoms with van der Waals surface area (Å²) in [5.74, 6) is -0.0629. The zero-order valence-electron chi connectivity index (χ0n) is 11.7. The fourth-order valence-corrected chi connectivity index (χ4v) is 2.70. The van der Waals surface area contributed by atoms with Gasteiger partial charge in [0.15, 0.2) is 0 Å². The number of rotatable bonds is 4. The minimum atomic E-state index is -0.260. The van der Waals surface area contributed by atoms with Crippen molar-refractivity contribution in [2.45, 2.75) is 38.8 Å². The van der Waals surface area contributed by atoms with Crippen LogP contribution in [0.5, 0.6) is 0 Å². The molecule has 0 heterocycles. The van der Waals surface area contributed by atoms with Crippen molar-refractivity contribution in [3.63, 3.8) is 0 Å². The lowest BCUT2D eigenvalue weighted by Crippen LogP contribution is -2.35. The zero-order valence-corrected chi connectivity index (χ0v) is 12.5. The van der Waals surface area contributed by atoms with Crippen molar-refractivity contribution in [3.05, 3.63) is 35.6 Å². The van der Waals surface area contributed by atoms with Crippen molar-refractivity contribution in [2.24, 2.45) is 11.7 Å². The third-order valence-corrected chi connectivity index (χ3v) is 3.78. The average Bonchev–Trinajstić information content (AvgIpc) is 2.82. The van der Waals surface area contributed by atoms with Gasteiger partial charge in [-0.25, -0.2) is 4.39 Å². The predicted molar refractivity (Wildman–Crippen MR) is 80.1 cm³/mol. The lowest BCUT2D eigenvalue weighted by atomic mass is 10.1. The highest BCUT2D eigenvalue weighted by molar-refractivity contribution is 5.85. The second-order valence-corrected chi connectivity index (χ2v) is 5.25. The van der Waals surface area contributed by atoms with Crippen LogP contribution in [0.25, 0.3) is 0 Å². The van der Waals surface area contributed by atoms with Crippen LogP contribution in [0, 0.1) is 11.7 Å². The topological polar surface area (TPSA) is 46.3 Å². The summed E-state index contributed by atoms with van der Waals surface area (Å²) in [6.07, 6.45) is 2.58. The summed E-state index contributed by atoms with van der Waals surface area (Å²) in [7, 11) is 0. The molecule has 20 heavy (non-hydrogen) atoms. The van der Waals surface area contributed by atoms with Crippen molar-refractivity contribution >= 4 is 18.3 Å². The van der Waals surface area contributed by atoms with Crippen LogP contribution in [-0.4, -0.2) is 23.4 Å². The van der Waals surface area contributed by atoms with Crippen LogP contribution in [0.4, 0.5) is 4.39 Å². The Morgan fingerprint density at radius 2 is 2.20 bits per heavy atom. The lowest BCUT2D eigenvalue weighted by Gasteiger charge is -2.24. The highest BCUT2D eigenvalue weighted by Gasteiger charge is 2.30. The molecule has 1 aliphatic carbocycles. The molecule has 0 spiro atoms. The lowest BCUT2D eigenvalue weighted by molar-refractivity contribution is -0.135. The summed E-state index contributed by atoms with van der Waals surface area (Å²) >= 11 is 0. The molecule has 2 atom stereocenters. The van der Waals surface area contributed by atoms with Gasteiger partial charge < -0.3 is 10.6 Å². The predicted octanol–water partition coefficient (Wildman–Crippen LogP) is 2.72. The minimum absolute atomic E-state index is 0.